The number of rotatable bonds is 2. The Hall–Kier alpha value is -1.58. The van der Waals surface area contributed by atoms with E-state index in [0.717, 1.165) is 23.7 Å². The molecule has 1 heterocycles. The Balaban J connectivity index is 2.37. The van der Waals surface area contributed by atoms with Gasteiger partial charge in [-0.25, -0.2) is 0 Å². The third kappa shape index (κ3) is 1.35. The zero-order valence-electron chi connectivity index (χ0n) is 7.46. The van der Waals surface area contributed by atoms with Gasteiger partial charge in [-0.15, -0.1) is 0 Å². The maximum Gasteiger partial charge on any atom is 0.231 e. The molecule has 0 bridgehead atoms. The van der Waals surface area contributed by atoms with E-state index in [1.807, 2.05) is 13.0 Å². The highest BCUT2D eigenvalue weighted by molar-refractivity contribution is 5.72. The van der Waals surface area contributed by atoms with E-state index in [-0.39, 0.29) is 6.79 Å². The first-order valence-electron chi connectivity index (χ1n) is 4.24. The highest BCUT2D eigenvalue weighted by Crippen LogP contribution is 2.38. The number of nitrogens with one attached hydrogen (secondary N) is 1. The van der Waals surface area contributed by atoms with E-state index < -0.39 is 0 Å². The van der Waals surface area contributed by atoms with Crippen molar-refractivity contribution in [3.8, 4) is 11.5 Å². The van der Waals surface area contributed by atoms with Gasteiger partial charge in [0.1, 0.15) is 0 Å². The van der Waals surface area contributed by atoms with Gasteiger partial charge >= 0.3 is 0 Å². The van der Waals surface area contributed by atoms with E-state index in [0.29, 0.717) is 5.69 Å². The first-order chi connectivity index (χ1) is 6.31. The molecular formula is C9H12N2O2. The molecule has 0 amide bonds. The Morgan fingerprint density at radius 1 is 1.38 bits per heavy atom. The number of hydrogen-bond donors (Lipinski definition) is 2. The molecule has 1 aliphatic rings. The van der Waals surface area contributed by atoms with Crippen LogP contribution in [0.4, 0.5) is 11.4 Å². The summed E-state index contributed by atoms with van der Waals surface area (Å²) in [4.78, 5) is 0. The van der Waals surface area contributed by atoms with Crippen LogP contribution in [0.5, 0.6) is 11.5 Å². The summed E-state index contributed by atoms with van der Waals surface area (Å²) in [5.41, 5.74) is 7.36. The number of nitrogens with two attached hydrogens (primary N) is 1. The number of nitrogen functional groups attached to an aromatic ring is 1. The van der Waals surface area contributed by atoms with Crippen LogP contribution in [0.25, 0.3) is 0 Å². The third-order valence-electron chi connectivity index (χ3n) is 1.91. The fourth-order valence-electron chi connectivity index (χ4n) is 1.30. The topological polar surface area (TPSA) is 56.5 Å². The normalized spacial score (nSPS) is 13.0. The number of benzene rings is 1. The number of anilines is 2. The highest BCUT2D eigenvalue weighted by Gasteiger charge is 2.15. The van der Waals surface area contributed by atoms with Gasteiger partial charge in [0.05, 0.1) is 11.4 Å². The van der Waals surface area contributed by atoms with Gasteiger partial charge in [-0.2, -0.15) is 0 Å². The standard InChI is InChI=1S/C9H12N2O2/c1-2-11-7-4-9-8(3-6(7)10)12-5-13-9/h3-4,11H,2,5,10H2,1H3. The minimum absolute atomic E-state index is 0.282. The van der Waals surface area contributed by atoms with Gasteiger partial charge in [0, 0.05) is 18.7 Å². The summed E-state index contributed by atoms with van der Waals surface area (Å²) in [5, 5.41) is 3.14. The lowest BCUT2D eigenvalue weighted by molar-refractivity contribution is 0.174. The molecule has 0 fully saturated rings. The Bertz CT molecular complexity index is 326. The van der Waals surface area contributed by atoms with Crippen molar-refractivity contribution in [1.82, 2.24) is 0 Å². The van der Waals surface area contributed by atoms with Crippen LogP contribution in [0, 0.1) is 0 Å². The van der Waals surface area contributed by atoms with Gasteiger partial charge < -0.3 is 20.5 Å². The lowest BCUT2D eigenvalue weighted by Crippen LogP contribution is -2.00. The van der Waals surface area contributed by atoms with Crippen molar-refractivity contribution in [2.45, 2.75) is 6.92 Å². The van der Waals surface area contributed by atoms with Gasteiger partial charge in [0.2, 0.25) is 6.79 Å². The Morgan fingerprint density at radius 2 is 2.08 bits per heavy atom. The maximum atomic E-state index is 5.78. The molecule has 4 heteroatoms. The largest absolute Gasteiger partial charge is 0.454 e. The first kappa shape index (κ1) is 8.04. The van der Waals surface area contributed by atoms with Crippen molar-refractivity contribution in [3.63, 3.8) is 0 Å². The summed E-state index contributed by atoms with van der Waals surface area (Å²) >= 11 is 0. The summed E-state index contributed by atoms with van der Waals surface area (Å²) in [6.07, 6.45) is 0. The molecule has 1 aliphatic heterocycles. The minimum Gasteiger partial charge on any atom is -0.454 e. The van der Waals surface area contributed by atoms with Gasteiger partial charge in [0.15, 0.2) is 11.5 Å². The monoisotopic (exact) mass is 180 g/mol. The number of fused-ring (bicyclic) bond motifs is 1. The second kappa shape index (κ2) is 3.05. The predicted octanol–water partition coefficient (Wildman–Crippen LogP) is 1.43. The van der Waals surface area contributed by atoms with Crippen molar-refractivity contribution in [2.75, 3.05) is 24.4 Å². The second-order valence-electron chi connectivity index (χ2n) is 2.82. The van der Waals surface area contributed by atoms with Crippen molar-refractivity contribution < 1.29 is 9.47 Å². The number of hydrogen-bond acceptors (Lipinski definition) is 4. The van der Waals surface area contributed by atoms with Gasteiger partial charge in [0.25, 0.3) is 0 Å². The predicted molar refractivity (Wildman–Crippen MR) is 51.1 cm³/mol. The van der Waals surface area contributed by atoms with Crippen molar-refractivity contribution in [3.05, 3.63) is 12.1 Å². The van der Waals surface area contributed by atoms with E-state index in [4.69, 9.17) is 15.2 Å². The zero-order valence-corrected chi connectivity index (χ0v) is 7.46. The fraction of sp³-hybridized carbons (Fsp3) is 0.333. The van der Waals surface area contributed by atoms with Crippen LogP contribution in [-0.4, -0.2) is 13.3 Å². The quantitative estimate of drug-likeness (QED) is 0.676. The molecule has 3 N–H and O–H groups in total. The second-order valence-corrected chi connectivity index (χ2v) is 2.82. The molecule has 70 valence electrons. The summed E-state index contributed by atoms with van der Waals surface area (Å²) in [7, 11) is 0. The average molecular weight is 180 g/mol. The minimum atomic E-state index is 0.282. The van der Waals surface area contributed by atoms with Crippen LogP contribution >= 0.6 is 0 Å². The van der Waals surface area contributed by atoms with Crippen LogP contribution in [-0.2, 0) is 0 Å². The lowest BCUT2D eigenvalue weighted by Gasteiger charge is -2.07. The van der Waals surface area contributed by atoms with Crippen molar-refractivity contribution in [2.24, 2.45) is 0 Å². The molecule has 0 unspecified atom stereocenters. The molecule has 0 saturated carbocycles. The smallest absolute Gasteiger partial charge is 0.231 e. The van der Waals surface area contributed by atoms with Crippen molar-refractivity contribution >= 4 is 11.4 Å². The number of ether oxygens (including phenoxy) is 2. The molecule has 1 aromatic carbocycles. The third-order valence-corrected chi connectivity index (χ3v) is 1.91. The molecule has 4 nitrogen and oxygen atoms in total. The molecule has 0 radical (unpaired) electrons. The Labute approximate surface area is 76.6 Å². The Morgan fingerprint density at radius 3 is 2.77 bits per heavy atom. The van der Waals surface area contributed by atoms with Crippen LogP contribution in [0.2, 0.25) is 0 Å². The molecule has 13 heavy (non-hydrogen) atoms. The fourth-order valence-corrected chi connectivity index (χ4v) is 1.30. The molecule has 0 aliphatic carbocycles. The SMILES string of the molecule is CCNc1cc2c(cc1N)OCO2. The van der Waals surface area contributed by atoms with E-state index in [1.54, 1.807) is 6.07 Å². The molecule has 0 aromatic heterocycles. The van der Waals surface area contributed by atoms with E-state index in [2.05, 4.69) is 5.32 Å². The lowest BCUT2D eigenvalue weighted by atomic mass is 10.2. The Kier molecular flexibility index (Phi) is 1.88. The first-order valence-corrected chi connectivity index (χ1v) is 4.24. The summed E-state index contributed by atoms with van der Waals surface area (Å²) in [5.74, 6) is 1.48. The summed E-state index contributed by atoms with van der Waals surface area (Å²) in [6.45, 7) is 3.14. The molecule has 0 saturated heterocycles. The summed E-state index contributed by atoms with van der Waals surface area (Å²) in [6, 6.07) is 3.64. The molecule has 1 aromatic rings. The molecule has 0 spiro atoms. The van der Waals surface area contributed by atoms with Crippen LogP contribution in [0.1, 0.15) is 6.92 Å². The van der Waals surface area contributed by atoms with Crippen molar-refractivity contribution in [1.29, 1.82) is 0 Å². The average Bonchev–Trinajstić information content (AvgIpc) is 2.52. The van der Waals surface area contributed by atoms with Gasteiger partial charge in [-0.05, 0) is 6.92 Å². The van der Waals surface area contributed by atoms with Crippen LogP contribution < -0.4 is 20.5 Å². The molecule has 0 atom stereocenters. The van der Waals surface area contributed by atoms with E-state index in [9.17, 15) is 0 Å². The van der Waals surface area contributed by atoms with Gasteiger partial charge in [-0.1, -0.05) is 0 Å². The van der Waals surface area contributed by atoms with E-state index in [1.165, 1.54) is 0 Å². The molecular weight excluding hydrogens is 168 g/mol. The maximum absolute atomic E-state index is 5.78. The van der Waals surface area contributed by atoms with Gasteiger partial charge in [-0.3, -0.25) is 0 Å². The summed E-state index contributed by atoms with van der Waals surface area (Å²) < 4.78 is 10.4. The van der Waals surface area contributed by atoms with Crippen LogP contribution in [0.15, 0.2) is 12.1 Å². The zero-order chi connectivity index (χ0) is 9.26. The van der Waals surface area contributed by atoms with Crippen LogP contribution in [0.3, 0.4) is 0 Å². The molecule has 2 rings (SSSR count). The highest BCUT2D eigenvalue weighted by atomic mass is 16.7. The van der Waals surface area contributed by atoms with E-state index >= 15 is 0 Å².